The molecular formula is C12H14O3S2. The Morgan fingerprint density at radius 3 is 2.47 bits per heavy atom. The van der Waals surface area contributed by atoms with Crippen LogP contribution in [0.3, 0.4) is 0 Å². The van der Waals surface area contributed by atoms with Crippen molar-refractivity contribution in [3.05, 3.63) is 29.3 Å². The van der Waals surface area contributed by atoms with Gasteiger partial charge in [0.1, 0.15) is 0 Å². The standard InChI is InChI=1S/C12H14O3S2/c1-7(2)9-4-5-11-10(6-9)8(3)12(16-11)17(13,14)15/h4-7H,1-3H3,(H,13,14,15). The Hall–Kier alpha value is -0.910. The number of fused-ring (bicyclic) bond motifs is 1. The van der Waals surface area contributed by atoms with Crippen LogP contribution in [0.25, 0.3) is 10.1 Å². The Morgan fingerprint density at radius 2 is 1.94 bits per heavy atom. The maximum atomic E-state index is 11.2. The van der Waals surface area contributed by atoms with Crippen LogP contribution >= 0.6 is 11.3 Å². The lowest BCUT2D eigenvalue weighted by atomic mass is 10.0. The first-order valence-corrected chi connectivity index (χ1v) is 7.57. The van der Waals surface area contributed by atoms with E-state index < -0.39 is 10.1 Å². The first-order valence-electron chi connectivity index (χ1n) is 5.31. The first kappa shape index (κ1) is 12.5. The van der Waals surface area contributed by atoms with Gasteiger partial charge in [0.25, 0.3) is 0 Å². The van der Waals surface area contributed by atoms with E-state index in [4.69, 9.17) is 4.55 Å². The van der Waals surface area contributed by atoms with E-state index in [9.17, 15) is 8.42 Å². The van der Waals surface area contributed by atoms with Crippen molar-refractivity contribution in [2.24, 2.45) is 0 Å². The summed E-state index contributed by atoms with van der Waals surface area (Å²) < 4.78 is 32.5. The Balaban J connectivity index is 2.76. The molecule has 0 saturated carbocycles. The van der Waals surface area contributed by atoms with Gasteiger partial charge in [-0.1, -0.05) is 19.9 Å². The zero-order valence-electron chi connectivity index (χ0n) is 9.89. The summed E-state index contributed by atoms with van der Waals surface area (Å²) in [6.45, 7) is 5.91. The fraction of sp³-hybridized carbons (Fsp3) is 0.333. The highest BCUT2D eigenvalue weighted by Gasteiger charge is 2.19. The molecule has 1 N–H and O–H groups in total. The lowest BCUT2D eigenvalue weighted by Gasteiger charge is -2.04. The van der Waals surface area contributed by atoms with E-state index >= 15 is 0 Å². The van der Waals surface area contributed by atoms with Crippen molar-refractivity contribution in [3.8, 4) is 0 Å². The summed E-state index contributed by atoms with van der Waals surface area (Å²) in [5.74, 6) is 0.396. The largest absolute Gasteiger partial charge is 0.304 e. The van der Waals surface area contributed by atoms with E-state index in [2.05, 4.69) is 13.8 Å². The van der Waals surface area contributed by atoms with Gasteiger partial charge in [0.15, 0.2) is 4.21 Å². The van der Waals surface area contributed by atoms with Crippen LogP contribution in [0.1, 0.15) is 30.9 Å². The van der Waals surface area contributed by atoms with Crippen LogP contribution in [0.5, 0.6) is 0 Å². The number of rotatable bonds is 2. The minimum atomic E-state index is -4.11. The average Bonchev–Trinajstić information content (AvgIpc) is 2.55. The molecule has 0 bridgehead atoms. The molecular weight excluding hydrogens is 256 g/mol. The van der Waals surface area contributed by atoms with Crippen molar-refractivity contribution in [1.82, 2.24) is 0 Å². The molecule has 0 atom stereocenters. The normalized spacial score (nSPS) is 12.5. The van der Waals surface area contributed by atoms with Gasteiger partial charge in [-0.25, -0.2) is 0 Å². The minimum absolute atomic E-state index is 0.0495. The lowest BCUT2D eigenvalue weighted by Crippen LogP contribution is -1.96. The summed E-state index contributed by atoms with van der Waals surface area (Å²) in [5, 5.41) is 0.911. The van der Waals surface area contributed by atoms with Gasteiger partial charge in [0, 0.05) is 4.70 Å². The third-order valence-electron chi connectivity index (χ3n) is 2.82. The molecule has 0 spiro atoms. The molecule has 5 heteroatoms. The molecule has 1 aromatic carbocycles. The van der Waals surface area contributed by atoms with E-state index in [1.54, 1.807) is 6.92 Å². The van der Waals surface area contributed by atoms with Gasteiger partial charge in [0.2, 0.25) is 0 Å². The highest BCUT2D eigenvalue weighted by molar-refractivity contribution is 7.88. The summed E-state index contributed by atoms with van der Waals surface area (Å²) in [6.07, 6.45) is 0. The Morgan fingerprint density at radius 1 is 1.29 bits per heavy atom. The SMILES string of the molecule is Cc1c(S(=O)(=O)O)sc2ccc(C(C)C)cc12. The van der Waals surface area contributed by atoms with Crippen molar-refractivity contribution in [2.75, 3.05) is 0 Å². The van der Waals surface area contributed by atoms with Gasteiger partial charge in [-0.05, 0) is 41.5 Å². The van der Waals surface area contributed by atoms with Crippen LogP contribution in [0, 0.1) is 6.92 Å². The van der Waals surface area contributed by atoms with Gasteiger partial charge < -0.3 is 0 Å². The number of hydrogen-bond donors (Lipinski definition) is 1. The van der Waals surface area contributed by atoms with Crippen LogP contribution in [-0.2, 0) is 10.1 Å². The van der Waals surface area contributed by atoms with Crippen LogP contribution in [0.2, 0.25) is 0 Å². The van der Waals surface area contributed by atoms with E-state index in [0.29, 0.717) is 11.5 Å². The fourth-order valence-corrected chi connectivity index (χ4v) is 3.93. The average molecular weight is 270 g/mol. The summed E-state index contributed by atoms with van der Waals surface area (Å²) in [6, 6.07) is 5.91. The third-order valence-corrected chi connectivity index (χ3v) is 5.54. The van der Waals surface area contributed by atoms with Crippen LogP contribution < -0.4 is 0 Å². The molecule has 2 aromatic rings. The molecule has 0 aliphatic rings. The second-order valence-corrected chi connectivity index (χ2v) is 7.07. The van der Waals surface area contributed by atoms with Gasteiger partial charge in [0.05, 0.1) is 0 Å². The lowest BCUT2D eigenvalue weighted by molar-refractivity contribution is 0.485. The molecule has 0 radical (unpaired) electrons. The van der Waals surface area contributed by atoms with Gasteiger partial charge >= 0.3 is 10.1 Å². The highest BCUT2D eigenvalue weighted by atomic mass is 32.3. The predicted molar refractivity (Wildman–Crippen MR) is 70.5 cm³/mol. The summed E-state index contributed by atoms with van der Waals surface area (Å²) in [5.41, 5.74) is 1.80. The predicted octanol–water partition coefficient (Wildman–Crippen LogP) is 3.58. The van der Waals surface area contributed by atoms with Crippen LogP contribution in [0.15, 0.2) is 22.4 Å². The monoisotopic (exact) mass is 270 g/mol. The molecule has 0 unspecified atom stereocenters. The van der Waals surface area contributed by atoms with Gasteiger partial charge in [-0.3, -0.25) is 4.55 Å². The number of thiophene rings is 1. The van der Waals surface area contributed by atoms with E-state index in [1.165, 1.54) is 5.56 Å². The number of benzene rings is 1. The Bertz CT molecular complexity index is 666. The quantitative estimate of drug-likeness (QED) is 0.849. The topological polar surface area (TPSA) is 54.4 Å². The van der Waals surface area contributed by atoms with Crippen molar-refractivity contribution in [2.45, 2.75) is 30.9 Å². The van der Waals surface area contributed by atoms with E-state index in [1.807, 2.05) is 18.2 Å². The van der Waals surface area contributed by atoms with Crippen molar-refractivity contribution in [3.63, 3.8) is 0 Å². The van der Waals surface area contributed by atoms with Crippen LogP contribution in [0.4, 0.5) is 0 Å². The summed E-state index contributed by atoms with van der Waals surface area (Å²) in [4.78, 5) is 0. The second-order valence-electron chi connectivity index (χ2n) is 4.40. The zero-order valence-corrected chi connectivity index (χ0v) is 11.5. The Kier molecular flexibility index (Phi) is 3.01. The molecule has 1 heterocycles. The number of aryl methyl sites for hydroxylation is 1. The molecule has 92 valence electrons. The van der Waals surface area contributed by atoms with Gasteiger partial charge in [-0.2, -0.15) is 8.42 Å². The summed E-state index contributed by atoms with van der Waals surface area (Å²) in [7, 11) is -4.11. The van der Waals surface area contributed by atoms with Crippen molar-refractivity contribution >= 4 is 31.5 Å². The molecule has 1 aromatic heterocycles. The highest BCUT2D eigenvalue weighted by Crippen LogP contribution is 2.35. The molecule has 17 heavy (non-hydrogen) atoms. The number of hydrogen-bond acceptors (Lipinski definition) is 3. The molecule has 0 aliphatic heterocycles. The maximum Gasteiger partial charge on any atom is 0.304 e. The smallest absolute Gasteiger partial charge is 0.281 e. The molecule has 3 nitrogen and oxygen atoms in total. The van der Waals surface area contributed by atoms with Gasteiger partial charge in [-0.15, -0.1) is 11.3 Å². The molecule has 0 aliphatic carbocycles. The van der Waals surface area contributed by atoms with Crippen molar-refractivity contribution < 1.29 is 13.0 Å². The third kappa shape index (κ3) is 2.22. The maximum absolute atomic E-state index is 11.2. The fourth-order valence-electron chi connectivity index (χ4n) is 1.82. The summed E-state index contributed by atoms with van der Waals surface area (Å²) >= 11 is 1.11. The zero-order chi connectivity index (χ0) is 12.8. The molecule has 0 amide bonds. The van der Waals surface area contributed by atoms with Crippen LogP contribution in [-0.4, -0.2) is 13.0 Å². The first-order chi connectivity index (χ1) is 7.80. The molecule has 0 fully saturated rings. The van der Waals surface area contributed by atoms with E-state index in [-0.39, 0.29) is 4.21 Å². The minimum Gasteiger partial charge on any atom is -0.281 e. The molecule has 2 rings (SSSR count). The Labute approximate surface area is 105 Å². The molecule has 0 saturated heterocycles. The second kappa shape index (κ2) is 4.08. The van der Waals surface area contributed by atoms with E-state index in [0.717, 1.165) is 21.4 Å². The van der Waals surface area contributed by atoms with Crippen molar-refractivity contribution in [1.29, 1.82) is 0 Å².